The molecular weight excluding hydrogens is 344 g/mol. The van der Waals surface area contributed by atoms with Gasteiger partial charge in [-0.25, -0.2) is 4.79 Å². The van der Waals surface area contributed by atoms with Gasteiger partial charge in [0.1, 0.15) is 5.75 Å². The second kappa shape index (κ2) is 9.08. The molecule has 3 rings (SSSR count). The molecule has 2 aliphatic heterocycles. The lowest BCUT2D eigenvalue weighted by Crippen LogP contribution is -2.53. The van der Waals surface area contributed by atoms with E-state index in [1.807, 2.05) is 29.2 Å². The first kappa shape index (κ1) is 19.5. The lowest BCUT2D eigenvalue weighted by Gasteiger charge is -2.38. The Labute approximate surface area is 161 Å². The standard InChI is InChI=1S/C20H30N4O3/c1-16-7-5-6-10-24(16)19(25)15-22-11-13-23(14-12-22)20(26)21-17-8-3-4-9-18(17)27-2/h3-4,8-9,16H,5-7,10-15H2,1-2H3,(H,21,26). The Morgan fingerprint density at radius 1 is 1.11 bits per heavy atom. The summed E-state index contributed by atoms with van der Waals surface area (Å²) in [5.41, 5.74) is 0.668. The van der Waals surface area contributed by atoms with E-state index >= 15 is 0 Å². The summed E-state index contributed by atoms with van der Waals surface area (Å²) in [5.74, 6) is 0.861. The van der Waals surface area contributed by atoms with Gasteiger partial charge in [0.05, 0.1) is 19.3 Å². The van der Waals surface area contributed by atoms with Crippen LogP contribution in [0.25, 0.3) is 0 Å². The van der Waals surface area contributed by atoms with Crippen LogP contribution >= 0.6 is 0 Å². The Bertz CT molecular complexity index is 658. The van der Waals surface area contributed by atoms with Crippen LogP contribution < -0.4 is 10.1 Å². The lowest BCUT2D eigenvalue weighted by molar-refractivity contribution is -0.136. The van der Waals surface area contributed by atoms with Crippen LogP contribution in [0.15, 0.2) is 24.3 Å². The van der Waals surface area contributed by atoms with Crippen molar-refractivity contribution >= 4 is 17.6 Å². The number of methoxy groups -OCH3 is 1. The average Bonchev–Trinajstić information content (AvgIpc) is 2.69. The van der Waals surface area contributed by atoms with Crippen molar-refractivity contribution in [3.05, 3.63) is 24.3 Å². The number of ether oxygens (including phenoxy) is 1. The molecule has 2 heterocycles. The van der Waals surface area contributed by atoms with E-state index in [1.165, 1.54) is 6.42 Å². The molecule has 7 nitrogen and oxygen atoms in total. The first-order valence-corrected chi connectivity index (χ1v) is 9.79. The number of piperazine rings is 1. The molecule has 0 saturated carbocycles. The maximum Gasteiger partial charge on any atom is 0.322 e. The van der Waals surface area contributed by atoms with Gasteiger partial charge >= 0.3 is 6.03 Å². The van der Waals surface area contributed by atoms with Gasteiger partial charge in [-0.15, -0.1) is 0 Å². The fourth-order valence-corrected chi connectivity index (χ4v) is 3.80. The van der Waals surface area contributed by atoms with Crippen molar-refractivity contribution in [1.82, 2.24) is 14.7 Å². The number of hydrogen-bond donors (Lipinski definition) is 1. The number of hydrogen-bond acceptors (Lipinski definition) is 4. The number of carbonyl (C=O) groups is 2. The number of nitrogens with zero attached hydrogens (tertiary/aromatic N) is 3. The monoisotopic (exact) mass is 374 g/mol. The smallest absolute Gasteiger partial charge is 0.322 e. The molecule has 148 valence electrons. The summed E-state index contributed by atoms with van der Waals surface area (Å²) in [6, 6.07) is 7.59. The summed E-state index contributed by atoms with van der Waals surface area (Å²) >= 11 is 0. The van der Waals surface area contributed by atoms with Gasteiger partial charge in [0, 0.05) is 38.8 Å². The van der Waals surface area contributed by atoms with Gasteiger partial charge in [-0.2, -0.15) is 0 Å². The van der Waals surface area contributed by atoms with Crippen LogP contribution in [0.1, 0.15) is 26.2 Å². The largest absolute Gasteiger partial charge is 0.495 e. The summed E-state index contributed by atoms with van der Waals surface area (Å²) < 4.78 is 5.28. The number of anilines is 1. The molecule has 0 aliphatic carbocycles. The Balaban J connectivity index is 1.47. The van der Waals surface area contributed by atoms with Crippen LogP contribution in [-0.2, 0) is 4.79 Å². The third-order valence-electron chi connectivity index (χ3n) is 5.49. The molecule has 2 aliphatic rings. The van der Waals surface area contributed by atoms with Crippen molar-refractivity contribution in [1.29, 1.82) is 0 Å². The van der Waals surface area contributed by atoms with Crippen molar-refractivity contribution in [2.45, 2.75) is 32.2 Å². The Morgan fingerprint density at radius 3 is 2.56 bits per heavy atom. The van der Waals surface area contributed by atoms with E-state index in [0.29, 0.717) is 50.2 Å². The first-order valence-electron chi connectivity index (χ1n) is 9.79. The summed E-state index contributed by atoms with van der Waals surface area (Å²) in [4.78, 5) is 31.1. The zero-order valence-electron chi connectivity index (χ0n) is 16.3. The highest BCUT2D eigenvalue weighted by molar-refractivity contribution is 5.91. The fourth-order valence-electron chi connectivity index (χ4n) is 3.80. The molecule has 1 aromatic rings. The van der Waals surface area contributed by atoms with Crippen LogP contribution in [0, 0.1) is 0 Å². The Hall–Kier alpha value is -2.28. The van der Waals surface area contributed by atoms with Crippen molar-refractivity contribution in [2.24, 2.45) is 0 Å². The van der Waals surface area contributed by atoms with Gasteiger partial charge in [0.25, 0.3) is 0 Å². The summed E-state index contributed by atoms with van der Waals surface area (Å²) in [6.45, 7) is 6.12. The molecule has 1 aromatic carbocycles. The van der Waals surface area contributed by atoms with Gasteiger partial charge < -0.3 is 19.9 Å². The minimum Gasteiger partial charge on any atom is -0.495 e. The zero-order valence-corrected chi connectivity index (χ0v) is 16.3. The number of piperidine rings is 1. The molecule has 0 aromatic heterocycles. The average molecular weight is 374 g/mol. The van der Waals surface area contributed by atoms with Crippen LogP contribution in [-0.4, -0.2) is 79.1 Å². The number of benzene rings is 1. The predicted octanol–water partition coefficient (Wildman–Crippen LogP) is 2.25. The Morgan fingerprint density at radius 2 is 1.85 bits per heavy atom. The maximum absolute atomic E-state index is 12.6. The number of nitrogens with one attached hydrogen (secondary N) is 1. The molecule has 2 fully saturated rings. The molecular formula is C20H30N4O3. The second-order valence-corrected chi connectivity index (χ2v) is 7.33. The summed E-state index contributed by atoms with van der Waals surface area (Å²) in [7, 11) is 1.59. The normalized spacial score (nSPS) is 21.0. The van der Waals surface area contributed by atoms with E-state index in [1.54, 1.807) is 12.0 Å². The highest BCUT2D eigenvalue weighted by atomic mass is 16.5. The van der Waals surface area contributed by atoms with Gasteiger partial charge in [0.15, 0.2) is 0 Å². The quantitative estimate of drug-likeness (QED) is 0.878. The van der Waals surface area contributed by atoms with Gasteiger partial charge in [-0.1, -0.05) is 12.1 Å². The van der Waals surface area contributed by atoms with E-state index in [-0.39, 0.29) is 11.9 Å². The summed E-state index contributed by atoms with van der Waals surface area (Å²) in [5, 5.41) is 2.91. The molecule has 1 atom stereocenters. The molecule has 7 heteroatoms. The third kappa shape index (κ3) is 4.91. The fraction of sp³-hybridized carbons (Fsp3) is 0.600. The molecule has 0 spiro atoms. The lowest BCUT2D eigenvalue weighted by atomic mass is 10.0. The topological polar surface area (TPSA) is 65.1 Å². The molecule has 0 radical (unpaired) electrons. The maximum atomic E-state index is 12.6. The minimum atomic E-state index is -0.130. The number of para-hydroxylation sites is 2. The van der Waals surface area contributed by atoms with E-state index in [9.17, 15) is 9.59 Å². The molecule has 27 heavy (non-hydrogen) atoms. The number of rotatable bonds is 4. The van der Waals surface area contributed by atoms with Crippen LogP contribution in [0.3, 0.4) is 0 Å². The van der Waals surface area contributed by atoms with Gasteiger partial charge in [-0.05, 0) is 38.3 Å². The molecule has 2 saturated heterocycles. The van der Waals surface area contributed by atoms with E-state index in [0.717, 1.165) is 19.4 Å². The first-order chi connectivity index (χ1) is 13.1. The number of carbonyl (C=O) groups excluding carboxylic acids is 2. The SMILES string of the molecule is COc1ccccc1NC(=O)N1CCN(CC(=O)N2CCCCC2C)CC1. The second-order valence-electron chi connectivity index (χ2n) is 7.33. The molecule has 3 amide bonds. The predicted molar refractivity (Wildman–Crippen MR) is 105 cm³/mol. The van der Waals surface area contributed by atoms with E-state index in [2.05, 4.69) is 17.1 Å². The highest BCUT2D eigenvalue weighted by Crippen LogP contribution is 2.23. The minimum absolute atomic E-state index is 0.130. The van der Waals surface area contributed by atoms with Gasteiger partial charge in [0.2, 0.25) is 5.91 Å². The van der Waals surface area contributed by atoms with E-state index < -0.39 is 0 Å². The molecule has 1 N–H and O–H groups in total. The van der Waals surface area contributed by atoms with E-state index in [4.69, 9.17) is 4.74 Å². The number of likely N-dealkylation sites (tertiary alicyclic amines) is 1. The van der Waals surface area contributed by atoms with Crippen molar-refractivity contribution in [3.8, 4) is 5.75 Å². The number of amides is 3. The van der Waals surface area contributed by atoms with Crippen LogP contribution in [0.5, 0.6) is 5.75 Å². The number of urea groups is 1. The molecule has 0 bridgehead atoms. The third-order valence-corrected chi connectivity index (χ3v) is 5.49. The van der Waals surface area contributed by atoms with Gasteiger partial charge in [-0.3, -0.25) is 9.69 Å². The van der Waals surface area contributed by atoms with Crippen LogP contribution in [0.4, 0.5) is 10.5 Å². The zero-order chi connectivity index (χ0) is 19.2. The molecule has 1 unspecified atom stereocenters. The van der Waals surface area contributed by atoms with Crippen molar-refractivity contribution in [3.63, 3.8) is 0 Å². The van der Waals surface area contributed by atoms with Crippen molar-refractivity contribution in [2.75, 3.05) is 51.7 Å². The van der Waals surface area contributed by atoms with Crippen molar-refractivity contribution < 1.29 is 14.3 Å². The summed E-state index contributed by atoms with van der Waals surface area (Å²) in [6.07, 6.45) is 3.42. The van der Waals surface area contributed by atoms with Crippen LogP contribution in [0.2, 0.25) is 0 Å². The highest BCUT2D eigenvalue weighted by Gasteiger charge is 2.27. The Kier molecular flexibility index (Phi) is 6.55.